The quantitative estimate of drug-likeness (QED) is 0.477. The summed E-state index contributed by atoms with van der Waals surface area (Å²) in [5.41, 5.74) is 3.08. The second kappa shape index (κ2) is 9.08. The first-order valence-corrected chi connectivity index (χ1v) is 10.3. The van der Waals surface area contributed by atoms with Crippen LogP contribution in [0.2, 0.25) is 5.02 Å². The van der Waals surface area contributed by atoms with E-state index >= 15 is 0 Å². The fourth-order valence-electron chi connectivity index (χ4n) is 2.63. The summed E-state index contributed by atoms with van der Waals surface area (Å²) in [5.74, 6) is 1.31. The van der Waals surface area contributed by atoms with Crippen LogP contribution in [0, 0.1) is 0 Å². The second-order valence-electron chi connectivity index (χ2n) is 5.97. The molecule has 0 bridgehead atoms. The molecular formula is C20H20ClN3O2S. The second-order valence-corrected chi connectivity index (χ2v) is 7.65. The number of rotatable bonds is 7. The van der Waals surface area contributed by atoms with E-state index in [4.69, 9.17) is 16.3 Å². The van der Waals surface area contributed by atoms with Crippen molar-refractivity contribution in [2.45, 2.75) is 18.1 Å². The van der Waals surface area contributed by atoms with E-state index in [0.29, 0.717) is 34.7 Å². The molecule has 0 spiro atoms. The lowest BCUT2D eigenvalue weighted by molar-refractivity contribution is 0.415. The Morgan fingerprint density at radius 1 is 1.15 bits per heavy atom. The first kappa shape index (κ1) is 19.5. The molecule has 7 heteroatoms. The van der Waals surface area contributed by atoms with Gasteiger partial charge in [-0.05, 0) is 23.3 Å². The number of hydrogen-bond donors (Lipinski definition) is 1. The number of ether oxygens (including phenoxy) is 1. The van der Waals surface area contributed by atoms with Gasteiger partial charge in [0.2, 0.25) is 0 Å². The van der Waals surface area contributed by atoms with Crippen LogP contribution in [0.25, 0.3) is 0 Å². The van der Waals surface area contributed by atoms with Gasteiger partial charge in [0.1, 0.15) is 17.8 Å². The molecule has 1 aromatic heterocycles. The summed E-state index contributed by atoms with van der Waals surface area (Å²) in [6, 6.07) is 15.7. The maximum atomic E-state index is 11.8. The van der Waals surface area contributed by atoms with E-state index < -0.39 is 11.2 Å². The van der Waals surface area contributed by atoms with Crippen LogP contribution in [0.15, 0.2) is 59.9 Å². The molecule has 3 rings (SSSR count). The van der Waals surface area contributed by atoms with Crippen molar-refractivity contribution < 1.29 is 9.29 Å². The van der Waals surface area contributed by atoms with Crippen LogP contribution in [-0.2, 0) is 24.1 Å². The van der Waals surface area contributed by atoms with E-state index in [1.807, 2.05) is 36.4 Å². The maximum Gasteiger partial charge on any atom is 0.344 e. The number of nitrogens with one attached hydrogen (secondary N) is 1. The normalized spacial score (nSPS) is 11.9. The average Bonchev–Trinajstić information content (AvgIpc) is 2.68. The monoisotopic (exact) mass is 401 g/mol. The Hall–Kier alpha value is -2.28. The predicted octanol–water partition coefficient (Wildman–Crippen LogP) is 4.08. The molecule has 2 aromatic carbocycles. The average molecular weight is 402 g/mol. The topological polar surface area (TPSA) is 70.1 Å². The summed E-state index contributed by atoms with van der Waals surface area (Å²) in [5, 5.41) is 4.19. The van der Waals surface area contributed by atoms with Crippen LogP contribution < -0.4 is 10.1 Å². The Kier molecular flexibility index (Phi) is 6.55. The van der Waals surface area contributed by atoms with Crippen molar-refractivity contribution in [3.05, 3.63) is 76.4 Å². The van der Waals surface area contributed by atoms with Crippen molar-refractivity contribution in [2.24, 2.45) is 0 Å². The third kappa shape index (κ3) is 5.13. The minimum atomic E-state index is -1.25. The highest BCUT2D eigenvalue weighted by atomic mass is 35.5. The minimum absolute atomic E-state index is 0.307. The zero-order valence-corrected chi connectivity index (χ0v) is 16.7. The van der Waals surface area contributed by atoms with Crippen molar-refractivity contribution in [1.82, 2.24) is 9.97 Å². The molecule has 0 saturated carbocycles. The molecule has 1 heterocycles. The number of halogens is 1. The van der Waals surface area contributed by atoms with Gasteiger partial charge in [0.15, 0.2) is 0 Å². The van der Waals surface area contributed by atoms with Crippen molar-refractivity contribution in [3.63, 3.8) is 0 Å². The Balaban J connectivity index is 1.83. The standard InChI is InChI=1S/C20H20ClN3O2S/c1-26-18-9-8-15(11-17(18)21)12-22-19-16(10-14-6-4-3-5-7-14)13-23-20(24-19)27(2)25/h3-9,11,13H,10,12H2,1-2H3,(H,22,23,24). The third-order valence-corrected chi connectivity index (χ3v) is 5.02. The number of aromatic nitrogens is 2. The van der Waals surface area contributed by atoms with Gasteiger partial charge in [-0.3, -0.25) is 0 Å². The molecule has 140 valence electrons. The highest BCUT2D eigenvalue weighted by Gasteiger charge is 2.14. The summed E-state index contributed by atoms with van der Waals surface area (Å²) in [6.07, 6.45) is 3.99. The Morgan fingerprint density at radius 3 is 2.59 bits per heavy atom. The zero-order chi connectivity index (χ0) is 19.2. The molecule has 27 heavy (non-hydrogen) atoms. The highest BCUT2D eigenvalue weighted by Crippen LogP contribution is 2.26. The molecule has 1 N–H and O–H groups in total. The van der Waals surface area contributed by atoms with Gasteiger partial charge < -0.3 is 14.6 Å². The van der Waals surface area contributed by atoms with Crippen molar-refractivity contribution >= 4 is 28.6 Å². The molecule has 1 atom stereocenters. The first-order chi connectivity index (χ1) is 13.1. The third-order valence-electron chi connectivity index (χ3n) is 4.01. The molecule has 3 aromatic rings. The lowest BCUT2D eigenvalue weighted by Crippen LogP contribution is -2.11. The van der Waals surface area contributed by atoms with Gasteiger partial charge in [-0.25, -0.2) is 0 Å². The molecular weight excluding hydrogens is 382 g/mol. The summed E-state index contributed by atoms with van der Waals surface area (Å²) in [6.45, 7) is 0.526. The van der Waals surface area contributed by atoms with E-state index in [2.05, 4.69) is 27.4 Å². The zero-order valence-electron chi connectivity index (χ0n) is 15.1. The molecule has 0 aliphatic heterocycles. The molecule has 0 fully saturated rings. The van der Waals surface area contributed by atoms with Crippen LogP contribution in [0.1, 0.15) is 16.7 Å². The molecule has 0 radical (unpaired) electrons. The van der Waals surface area contributed by atoms with Gasteiger partial charge in [0.05, 0.1) is 12.1 Å². The number of hydrogen-bond acceptors (Lipinski definition) is 5. The van der Waals surface area contributed by atoms with Gasteiger partial charge in [-0.2, -0.15) is 9.97 Å². The van der Waals surface area contributed by atoms with Crippen molar-refractivity contribution in [2.75, 3.05) is 18.7 Å². The summed E-state index contributed by atoms with van der Waals surface area (Å²) < 4.78 is 17.0. The lowest BCUT2D eigenvalue weighted by Gasteiger charge is -2.13. The van der Waals surface area contributed by atoms with Crippen LogP contribution >= 0.6 is 11.6 Å². The predicted molar refractivity (Wildman–Crippen MR) is 109 cm³/mol. The summed E-state index contributed by atoms with van der Waals surface area (Å²) in [7, 11) is 1.59. The number of methoxy groups -OCH3 is 1. The SMILES string of the molecule is COc1ccc(CNc2nc([S+](C)[O-])ncc2Cc2ccccc2)cc1Cl. The summed E-state index contributed by atoms with van der Waals surface area (Å²) in [4.78, 5) is 8.70. The maximum absolute atomic E-state index is 11.8. The van der Waals surface area contributed by atoms with Crippen LogP contribution in [0.4, 0.5) is 5.82 Å². The van der Waals surface area contributed by atoms with Crippen LogP contribution in [0.5, 0.6) is 5.75 Å². The van der Waals surface area contributed by atoms with Gasteiger partial charge in [0.25, 0.3) is 0 Å². The van der Waals surface area contributed by atoms with E-state index in [0.717, 1.165) is 16.7 Å². The largest absolute Gasteiger partial charge is 0.609 e. The number of benzene rings is 2. The van der Waals surface area contributed by atoms with E-state index in [9.17, 15) is 4.55 Å². The molecule has 0 saturated heterocycles. The Labute approximate surface area is 167 Å². The minimum Gasteiger partial charge on any atom is -0.609 e. The highest BCUT2D eigenvalue weighted by molar-refractivity contribution is 7.90. The van der Waals surface area contributed by atoms with Gasteiger partial charge in [0, 0.05) is 35.9 Å². The van der Waals surface area contributed by atoms with E-state index in [1.54, 1.807) is 19.6 Å². The van der Waals surface area contributed by atoms with Crippen LogP contribution in [-0.4, -0.2) is 27.9 Å². The number of nitrogens with zero attached hydrogens (tertiary/aromatic N) is 2. The molecule has 0 aliphatic carbocycles. The van der Waals surface area contributed by atoms with E-state index in [1.165, 1.54) is 0 Å². The Bertz CT molecular complexity index is 907. The number of anilines is 1. The molecule has 5 nitrogen and oxygen atoms in total. The van der Waals surface area contributed by atoms with Gasteiger partial charge >= 0.3 is 5.16 Å². The van der Waals surface area contributed by atoms with Crippen molar-refractivity contribution in [1.29, 1.82) is 0 Å². The first-order valence-electron chi connectivity index (χ1n) is 8.36. The fourth-order valence-corrected chi connectivity index (χ4v) is 3.33. The van der Waals surface area contributed by atoms with Crippen LogP contribution in [0.3, 0.4) is 0 Å². The fraction of sp³-hybridized carbons (Fsp3) is 0.200. The van der Waals surface area contributed by atoms with Gasteiger partial charge in [-0.1, -0.05) is 48.0 Å². The smallest absolute Gasteiger partial charge is 0.344 e. The van der Waals surface area contributed by atoms with Crippen molar-refractivity contribution in [3.8, 4) is 5.75 Å². The molecule has 0 aliphatic rings. The molecule has 1 unspecified atom stereocenters. The molecule has 0 amide bonds. The van der Waals surface area contributed by atoms with E-state index in [-0.39, 0.29) is 0 Å². The lowest BCUT2D eigenvalue weighted by atomic mass is 10.1. The summed E-state index contributed by atoms with van der Waals surface area (Å²) >= 11 is 4.95. The van der Waals surface area contributed by atoms with Gasteiger partial charge in [-0.15, -0.1) is 0 Å². The Morgan fingerprint density at radius 2 is 1.93 bits per heavy atom.